The van der Waals surface area contributed by atoms with Crippen molar-refractivity contribution >= 4 is 28.3 Å². The van der Waals surface area contributed by atoms with E-state index in [2.05, 4.69) is 28.9 Å². The number of anilines is 2. The maximum Gasteiger partial charge on any atom is 0.258 e. The molecule has 0 spiro atoms. The summed E-state index contributed by atoms with van der Waals surface area (Å²) in [5.74, 6) is 1.71. The first kappa shape index (κ1) is 14.6. The zero-order valence-corrected chi connectivity index (χ0v) is 13.5. The van der Waals surface area contributed by atoms with Crippen molar-refractivity contribution in [2.45, 2.75) is 58.0 Å². The third-order valence-electron chi connectivity index (χ3n) is 4.37. The molecule has 0 saturated heterocycles. The minimum absolute atomic E-state index is 0.0804. The van der Waals surface area contributed by atoms with Crippen molar-refractivity contribution in [3.8, 4) is 0 Å². The molecule has 0 aliphatic heterocycles. The van der Waals surface area contributed by atoms with Gasteiger partial charge in [-0.3, -0.25) is 4.79 Å². The van der Waals surface area contributed by atoms with Crippen molar-refractivity contribution in [2.75, 3.05) is 11.1 Å². The van der Waals surface area contributed by atoms with Crippen LogP contribution in [0.2, 0.25) is 0 Å². The van der Waals surface area contributed by atoms with E-state index in [9.17, 15) is 4.79 Å². The van der Waals surface area contributed by atoms with Gasteiger partial charge in [-0.15, -0.1) is 0 Å². The fourth-order valence-corrected chi connectivity index (χ4v) is 4.14. The standard InChI is InChI=1S/C15H24N4OS/c1-8-5-9(2)7-11(6-8)18-15-12(13(16)19-21-15)14(20)17-10-3-4-10/h8-11,18H,3-7H2,1-2H3,(H2,16,19)(H,17,20). The summed E-state index contributed by atoms with van der Waals surface area (Å²) in [7, 11) is 0. The molecule has 116 valence electrons. The lowest BCUT2D eigenvalue weighted by atomic mass is 9.80. The Morgan fingerprint density at radius 3 is 2.48 bits per heavy atom. The topological polar surface area (TPSA) is 80.0 Å². The van der Waals surface area contributed by atoms with E-state index in [4.69, 9.17) is 5.73 Å². The van der Waals surface area contributed by atoms with Gasteiger partial charge < -0.3 is 16.4 Å². The van der Waals surface area contributed by atoms with Crippen LogP contribution in [0.1, 0.15) is 56.3 Å². The number of nitrogens with two attached hydrogens (primary N) is 1. The van der Waals surface area contributed by atoms with Gasteiger partial charge in [-0.25, -0.2) is 0 Å². The van der Waals surface area contributed by atoms with Crippen molar-refractivity contribution in [1.82, 2.24) is 9.69 Å². The van der Waals surface area contributed by atoms with Crippen molar-refractivity contribution in [1.29, 1.82) is 0 Å². The molecule has 2 saturated carbocycles. The van der Waals surface area contributed by atoms with E-state index in [1.54, 1.807) is 0 Å². The number of hydrogen-bond donors (Lipinski definition) is 3. The van der Waals surface area contributed by atoms with Crippen molar-refractivity contribution < 1.29 is 4.79 Å². The predicted octanol–water partition coefficient (Wildman–Crippen LogP) is 2.85. The molecule has 2 aliphatic rings. The van der Waals surface area contributed by atoms with Crippen molar-refractivity contribution in [3.05, 3.63) is 5.56 Å². The van der Waals surface area contributed by atoms with Crippen LogP contribution in [0, 0.1) is 11.8 Å². The molecular weight excluding hydrogens is 284 g/mol. The molecule has 5 nitrogen and oxygen atoms in total. The molecule has 2 aliphatic carbocycles. The van der Waals surface area contributed by atoms with E-state index in [0.29, 0.717) is 23.5 Å². The van der Waals surface area contributed by atoms with Crippen molar-refractivity contribution in [3.63, 3.8) is 0 Å². The second-order valence-corrected chi connectivity index (χ2v) is 7.55. The summed E-state index contributed by atoms with van der Waals surface area (Å²) < 4.78 is 4.17. The van der Waals surface area contributed by atoms with Gasteiger partial charge in [0, 0.05) is 12.1 Å². The van der Waals surface area contributed by atoms with Gasteiger partial charge in [-0.1, -0.05) is 13.8 Å². The molecule has 1 aromatic heterocycles. The predicted molar refractivity (Wildman–Crippen MR) is 86.6 cm³/mol. The van der Waals surface area contributed by atoms with Gasteiger partial charge in [0.15, 0.2) is 5.82 Å². The molecule has 1 aromatic rings. The molecule has 0 radical (unpaired) electrons. The number of rotatable bonds is 4. The molecule has 1 heterocycles. The Labute approximate surface area is 129 Å². The Balaban J connectivity index is 1.71. The SMILES string of the molecule is CC1CC(C)CC(Nc2snc(N)c2C(=O)NC2CC2)C1. The molecule has 1 amide bonds. The molecule has 6 heteroatoms. The molecule has 2 unspecified atom stereocenters. The van der Waals surface area contributed by atoms with Gasteiger partial charge in [0.2, 0.25) is 0 Å². The molecule has 4 N–H and O–H groups in total. The summed E-state index contributed by atoms with van der Waals surface area (Å²) in [5.41, 5.74) is 6.44. The number of nitrogens with one attached hydrogen (secondary N) is 2. The molecule has 2 fully saturated rings. The Kier molecular flexibility index (Phi) is 4.06. The summed E-state index contributed by atoms with van der Waals surface area (Å²) in [6, 6.07) is 0.746. The van der Waals surface area contributed by atoms with Gasteiger partial charge >= 0.3 is 0 Å². The minimum Gasteiger partial charge on any atom is -0.382 e. The lowest BCUT2D eigenvalue weighted by Gasteiger charge is -2.32. The van der Waals surface area contributed by atoms with E-state index < -0.39 is 0 Å². The minimum atomic E-state index is -0.0804. The van der Waals surface area contributed by atoms with Gasteiger partial charge in [-0.05, 0) is 55.5 Å². The monoisotopic (exact) mass is 308 g/mol. The van der Waals surface area contributed by atoms with Crippen LogP contribution in [-0.2, 0) is 0 Å². The largest absolute Gasteiger partial charge is 0.382 e. The summed E-state index contributed by atoms with van der Waals surface area (Å²) in [6.45, 7) is 4.60. The van der Waals surface area contributed by atoms with E-state index in [-0.39, 0.29) is 5.91 Å². The highest BCUT2D eigenvalue weighted by atomic mass is 32.1. The Hall–Kier alpha value is -1.30. The fourth-order valence-electron chi connectivity index (χ4n) is 3.36. The van der Waals surface area contributed by atoms with Crippen molar-refractivity contribution in [2.24, 2.45) is 11.8 Å². The van der Waals surface area contributed by atoms with Gasteiger partial charge in [-0.2, -0.15) is 4.37 Å². The van der Waals surface area contributed by atoms with Crippen LogP contribution in [0.5, 0.6) is 0 Å². The number of nitrogens with zero attached hydrogens (tertiary/aromatic N) is 1. The average Bonchev–Trinajstić information content (AvgIpc) is 3.11. The number of carbonyl (C=O) groups excluding carboxylic acids is 1. The van der Waals surface area contributed by atoms with Crippen LogP contribution in [0.4, 0.5) is 10.8 Å². The Bertz CT molecular complexity index is 516. The number of nitrogen functional groups attached to an aromatic ring is 1. The number of carbonyl (C=O) groups is 1. The molecule has 0 bridgehead atoms. The molecule has 2 atom stereocenters. The molecular formula is C15H24N4OS. The summed E-state index contributed by atoms with van der Waals surface area (Å²) >= 11 is 1.30. The highest BCUT2D eigenvalue weighted by molar-refractivity contribution is 7.11. The van der Waals surface area contributed by atoms with Crippen LogP contribution < -0.4 is 16.4 Å². The maximum atomic E-state index is 12.3. The summed E-state index contributed by atoms with van der Waals surface area (Å²) in [4.78, 5) is 12.3. The smallest absolute Gasteiger partial charge is 0.258 e. The first-order valence-corrected chi connectivity index (χ1v) is 8.62. The van der Waals surface area contributed by atoms with Crippen LogP contribution >= 0.6 is 11.5 Å². The quantitative estimate of drug-likeness (QED) is 0.799. The second-order valence-electron chi connectivity index (χ2n) is 6.78. The van der Waals surface area contributed by atoms with Crippen LogP contribution in [0.3, 0.4) is 0 Å². The molecule has 3 rings (SSSR count). The third-order valence-corrected chi connectivity index (χ3v) is 5.16. The Morgan fingerprint density at radius 1 is 1.19 bits per heavy atom. The molecule has 21 heavy (non-hydrogen) atoms. The van der Waals surface area contributed by atoms with Gasteiger partial charge in [0.05, 0.1) is 0 Å². The maximum absolute atomic E-state index is 12.3. The van der Waals surface area contributed by atoms with E-state index >= 15 is 0 Å². The highest BCUT2D eigenvalue weighted by Crippen LogP contribution is 2.34. The second kappa shape index (κ2) is 5.83. The third kappa shape index (κ3) is 3.48. The normalized spacial score (nSPS) is 29.1. The zero-order valence-electron chi connectivity index (χ0n) is 12.7. The first-order valence-electron chi connectivity index (χ1n) is 7.85. The number of aromatic nitrogens is 1. The first-order chi connectivity index (χ1) is 10.0. The van der Waals surface area contributed by atoms with Crippen LogP contribution in [0.25, 0.3) is 0 Å². The Morgan fingerprint density at radius 2 is 1.86 bits per heavy atom. The van der Waals surface area contributed by atoms with Crippen LogP contribution in [-0.4, -0.2) is 22.4 Å². The fraction of sp³-hybridized carbons (Fsp3) is 0.733. The van der Waals surface area contributed by atoms with Gasteiger partial charge in [0.1, 0.15) is 10.6 Å². The highest BCUT2D eigenvalue weighted by Gasteiger charge is 2.29. The molecule has 0 aromatic carbocycles. The zero-order chi connectivity index (χ0) is 15.0. The number of amides is 1. The van der Waals surface area contributed by atoms with E-state index in [1.807, 2.05) is 0 Å². The summed E-state index contributed by atoms with van der Waals surface area (Å²) in [5, 5.41) is 7.35. The van der Waals surface area contributed by atoms with E-state index in [1.165, 1.54) is 18.0 Å². The van der Waals surface area contributed by atoms with Crippen LogP contribution in [0.15, 0.2) is 0 Å². The lowest BCUT2D eigenvalue weighted by Crippen LogP contribution is -2.31. The van der Waals surface area contributed by atoms with Gasteiger partial charge in [0.25, 0.3) is 5.91 Å². The average molecular weight is 308 g/mol. The van der Waals surface area contributed by atoms with E-state index in [0.717, 1.165) is 42.5 Å². The number of hydrogen-bond acceptors (Lipinski definition) is 5. The summed E-state index contributed by atoms with van der Waals surface area (Å²) in [6.07, 6.45) is 5.73. The lowest BCUT2D eigenvalue weighted by molar-refractivity contribution is 0.0953.